The third kappa shape index (κ3) is 2.69. The van der Waals surface area contributed by atoms with Crippen LogP contribution in [0.1, 0.15) is 10.4 Å². The Labute approximate surface area is 113 Å². The van der Waals surface area contributed by atoms with Crippen LogP contribution in [0.4, 0.5) is 14.5 Å². The highest BCUT2D eigenvalue weighted by atomic mass is 19.1. The summed E-state index contributed by atoms with van der Waals surface area (Å²) in [4.78, 5) is 12.0. The molecule has 0 atom stereocenters. The van der Waals surface area contributed by atoms with Crippen LogP contribution in [0.25, 0.3) is 0 Å². The molecule has 2 aromatic carbocycles. The molecule has 104 valence electrons. The lowest BCUT2D eigenvalue weighted by Gasteiger charge is -2.10. The Morgan fingerprint density at radius 1 is 1.20 bits per heavy atom. The molecule has 0 aliphatic rings. The largest absolute Gasteiger partial charge is 0.505 e. The molecule has 0 unspecified atom stereocenters. The zero-order valence-corrected chi connectivity index (χ0v) is 10.5. The van der Waals surface area contributed by atoms with Crippen molar-refractivity contribution < 1.29 is 23.4 Å². The van der Waals surface area contributed by atoms with Crippen LogP contribution in [-0.4, -0.2) is 18.1 Å². The van der Waals surface area contributed by atoms with E-state index in [1.165, 1.54) is 25.3 Å². The van der Waals surface area contributed by atoms with Gasteiger partial charge >= 0.3 is 0 Å². The number of ether oxygens (including phenoxy) is 1. The summed E-state index contributed by atoms with van der Waals surface area (Å²) in [6.07, 6.45) is 0. The fourth-order valence-corrected chi connectivity index (χ4v) is 1.67. The summed E-state index contributed by atoms with van der Waals surface area (Å²) >= 11 is 0. The second-order valence-corrected chi connectivity index (χ2v) is 3.94. The van der Waals surface area contributed by atoms with Gasteiger partial charge < -0.3 is 15.2 Å². The minimum Gasteiger partial charge on any atom is -0.505 e. The molecule has 0 saturated heterocycles. The monoisotopic (exact) mass is 279 g/mol. The van der Waals surface area contributed by atoms with Crippen molar-refractivity contribution in [2.75, 3.05) is 12.4 Å². The number of phenols is 1. The van der Waals surface area contributed by atoms with E-state index in [1.54, 1.807) is 0 Å². The molecule has 0 aliphatic carbocycles. The molecule has 0 aromatic heterocycles. The summed E-state index contributed by atoms with van der Waals surface area (Å²) in [5.74, 6) is -2.87. The quantitative estimate of drug-likeness (QED) is 0.849. The van der Waals surface area contributed by atoms with E-state index in [0.29, 0.717) is 0 Å². The van der Waals surface area contributed by atoms with Crippen LogP contribution >= 0.6 is 0 Å². The summed E-state index contributed by atoms with van der Waals surface area (Å²) in [7, 11) is 1.31. The number of amides is 1. The Balaban J connectivity index is 2.30. The molecule has 20 heavy (non-hydrogen) atoms. The number of phenolic OH excluding ortho intramolecular Hbond substituents is 1. The zero-order chi connectivity index (χ0) is 14.7. The van der Waals surface area contributed by atoms with Gasteiger partial charge in [-0.25, -0.2) is 8.78 Å². The van der Waals surface area contributed by atoms with Crippen molar-refractivity contribution in [1.29, 1.82) is 0 Å². The highest BCUT2D eigenvalue weighted by Crippen LogP contribution is 2.24. The van der Waals surface area contributed by atoms with Gasteiger partial charge in [-0.2, -0.15) is 0 Å². The predicted octanol–water partition coefficient (Wildman–Crippen LogP) is 2.93. The van der Waals surface area contributed by atoms with Gasteiger partial charge in [0, 0.05) is 11.8 Å². The molecule has 2 rings (SSSR count). The second kappa shape index (κ2) is 5.56. The lowest BCUT2D eigenvalue weighted by molar-refractivity contribution is 0.102. The molecular weight excluding hydrogens is 268 g/mol. The third-order valence-corrected chi connectivity index (χ3v) is 2.63. The smallest absolute Gasteiger partial charge is 0.262 e. The van der Waals surface area contributed by atoms with Gasteiger partial charge in [-0.15, -0.1) is 0 Å². The zero-order valence-electron chi connectivity index (χ0n) is 10.5. The predicted molar refractivity (Wildman–Crippen MR) is 69.0 cm³/mol. The number of anilines is 1. The lowest BCUT2D eigenvalue weighted by atomic mass is 10.1. The van der Waals surface area contributed by atoms with Gasteiger partial charge in [0.15, 0.2) is 11.6 Å². The van der Waals surface area contributed by atoms with Gasteiger partial charge in [0.1, 0.15) is 17.1 Å². The first-order valence-corrected chi connectivity index (χ1v) is 5.65. The molecule has 0 fully saturated rings. The standard InChI is InChI=1S/C14H11F2NO3/c1-20-12-4-2-3-9(15)13(12)14(19)17-8-5-6-11(18)10(16)7-8/h2-7,18H,1H3,(H,17,19). The maximum Gasteiger partial charge on any atom is 0.262 e. The number of nitrogens with one attached hydrogen (secondary N) is 1. The van der Waals surface area contributed by atoms with Crippen LogP contribution in [-0.2, 0) is 0 Å². The van der Waals surface area contributed by atoms with Crippen molar-refractivity contribution in [3.05, 3.63) is 53.6 Å². The minimum atomic E-state index is -0.886. The maximum atomic E-state index is 13.7. The molecule has 0 bridgehead atoms. The van der Waals surface area contributed by atoms with E-state index in [-0.39, 0.29) is 17.0 Å². The Morgan fingerprint density at radius 3 is 2.60 bits per heavy atom. The number of benzene rings is 2. The highest BCUT2D eigenvalue weighted by molar-refractivity contribution is 6.06. The molecule has 4 nitrogen and oxygen atoms in total. The number of hydrogen-bond donors (Lipinski definition) is 2. The van der Waals surface area contributed by atoms with Gasteiger partial charge in [-0.05, 0) is 24.3 Å². The Bertz CT molecular complexity index is 659. The van der Waals surface area contributed by atoms with Crippen molar-refractivity contribution in [2.24, 2.45) is 0 Å². The first-order chi connectivity index (χ1) is 9.52. The van der Waals surface area contributed by atoms with Crippen LogP contribution in [0.15, 0.2) is 36.4 Å². The molecule has 0 heterocycles. The Morgan fingerprint density at radius 2 is 1.95 bits per heavy atom. The molecule has 0 spiro atoms. The topological polar surface area (TPSA) is 58.6 Å². The third-order valence-electron chi connectivity index (χ3n) is 2.63. The van der Waals surface area contributed by atoms with Crippen molar-refractivity contribution in [1.82, 2.24) is 0 Å². The second-order valence-electron chi connectivity index (χ2n) is 3.94. The van der Waals surface area contributed by atoms with Crippen molar-refractivity contribution in [2.45, 2.75) is 0 Å². The summed E-state index contributed by atoms with van der Waals surface area (Å²) in [5, 5.41) is 11.4. The molecule has 1 amide bonds. The summed E-state index contributed by atoms with van der Waals surface area (Å²) in [6.45, 7) is 0. The fraction of sp³-hybridized carbons (Fsp3) is 0.0714. The molecular formula is C14H11F2NO3. The van der Waals surface area contributed by atoms with E-state index in [2.05, 4.69) is 5.32 Å². The van der Waals surface area contributed by atoms with Gasteiger partial charge in [0.05, 0.1) is 7.11 Å². The van der Waals surface area contributed by atoms with Crippen molar-refractivity contribution in [3.8, 4) is 11.5 Å². The Kier molecular flexibility index (Phi) is 3.84. The summed E-state index contributed by atoms with van der Waals surface area (Å²) < 4.78 is 31.7. The fourth-order valence-electron chi connectivity index (χ4n) is 1.67. The molecule has 0 saturated carbocycles. The molecule has 2 aromatic rings. The van der Waals surface area contributed by atoms with E-state index in [4.69, 9.17) is 9.84 Å². The van der Waals surface area contributed by atoms with E-state index in [1.807, 2.05) is 0 Å². The van der Waals surface area contributed by atoms with Crippen LogP contribution in [0.2, 0.25) is 0 Å². The number of methoxy groups -OCH3 is 1. The van der Waals surface area contributed by atoms with Crippen LogP contribution in [0.3, 0.4) is 0 Å². The normalized spacial score (nSPS) is 10.2. The van der Waals surface area contributed by atoms with E-state index >= 15 is 0 Å². The first kappa shape index (κ1) is 13.8. The summed E-state index contributed by atoms with van der Waals surface area (Å²) in [6, 6.07) is 7.28. The highest BCUT2D eigenvalue weighted by Gasteiger charge is 2.18. The first-order valence-electron chi connectivity index (χ1n) is 5.65. The van der Waals surface area contributed by atoms with Gasteiger partial charge in [-0.1, -0.05) is 6.07 Å². The van der Waals surface area contributed by atoms with E-state index < -0.39 is 23.3 Å². The van der Waals surface area contributed by atoms with Crippen LogP contribution < -0.4 is 10.1 Å². The minimum absolute atomic E-state index is 0.0711. The number of carbonyl (C=O) groups excluding carboxylic acids is 1. The lowest BCUT2D eigenvalue weighted by Crippen LogP contribution is -2.15. The number of halogens is 2. The van der Waals surface area contributed by atoms with Gasteiger partial charge in [0.2, 0.25) is 0 Å². The molecule has 2 N–H and O–H groups in total. The molecule has 0 aliphatic heterocycles. The number of hydrogen-bond acceptors (Lipinski definition) is 3. The maximum absolute atomic E-state index is 13.7. The van der Waals surface area contributed by atoms with Gasteiger partial charge in [0.25, 0.3) is 5.91 Å². The number of rotatable bonds is 3. The van der Waals surface area contributed by atoms with Crippen molar-refractivity contribution in [3.63, 3.8) is 0 Å². The average Bonchev–Trinajstić information content (AvgIpc) is 2.42. The van der Waals surface area contributed by atoms with E-state index in [9.17, 15) is 13.6 Å². The molecule has 0 radical (unpaired) electrons. The van der Waals surface area contributed by atoms with E-state index in [0.717, 1.165) is 18.2 Å². The average molecular weight is 279 g/mol. The number of aromatic hydroxyl groups is 1. The van der Waals surface area contributed by atoms with Gasteiger partial charge in [-0.3, -0.25) is 4.79 Å². The van der Waals surface area contributed by atoms with Crippen molar-refractivity contribution >= 4 is 11.6 Å². The Hall–Kier alpha value is -2.63. The van der Waals surface area contributed by atoms with Crippen LogP contribution in [0, 0.1) is 11.6 Å². The molecule has 6 heteroatoms. The van der Waals surface area contributed by atoms with Crippen LogP contribution in [0.5, 0.6) is 11.5 Å². The summed E-state index contributed by atoms with van der Waals surface area (Å²) in [5.41, 5.74) is -0.181. The SMILES string of the molecule is COc1cccc(F)c1C(=O)Nc1ccc(O)c(F)c1. The number of carbonyl (C=O) groups is 1.